The quantitative estimate of drug-likeness (QED) is 0.384. The largest absolute Gasteiger partial charge is 0.493 e. The molecule has 9 nitrogen and oxygen atoms in total. The predicted molar refractivity (Wildman–Crippen MR) is 119 cm³/mol. The molecule has 160 valence electrons. The van der Waals surface area contributed by atoms with Gasteiger partial charge in [0.05, 0.1) is 38.9 Å². The van der Waals surface area contributed by atoms with E-state index in [1.165, 1.54) is 11.3 Å². The van der Waals surface area contributed by atoms with E-state index in [9.17, 15) is 4.79 Å². The Hall–Kier alpha value is -3.79. The Bertz CT molecular complexity index is 1160. The predicted octanol–water partition coefficient (Wildman–Crippen LogP) is 3.72. The van der Waals surface area contributed by atoms with Crippen LogP contribution in [0.1, 0.15) is 16.3 Å². The van der Waals surface area contributed by atoms with Crippen molar-refractivity contribution in [3.63, 3.8) is 0 Å². The number of carbonyl (C=O) groups is 1. The Balaban J connectivity index is 1.43. The Morgan fingerprint density at radius 1 is 1.06 bits per heavy atom. The second-order valence-electron chi connectivity index (χ2n) is 6.46. The maximum atomic E-state index is 12.5. The molecule has 0 aliphatic rings. The summed E-state index contributed by atoms with van der Waals surface area (Å²) in [4.78, 5) is 24.5. The first-order valence-electron chi connectivity index (χ1n) is 9.35. The van der Waals surface area contributed by atoms with Crippen molar-refractivity contribution in [2.24, 2.45) is 0 Å². The third-order valence-corrected chi connectivity index (χ3v) is 5.27. The lowest BCUT2D eigenvalue weighted by molar-refractivity contribution is 0.0946. The summed E-state index contributed by atoms with van der Waals surface area (Å²) in [5, 5.41) is 8.24. The molecule has 0 saturated carbocycles. The lowest BCUT2D eigenvalue weighted by atomic mass is 10.2. The molecule has 4 aromatic rings. The van der Waals surface area contributed by atoms with Crippen molar-refractivity contribution in [1.29, 1.82) is 0 Å². The van der Waals surface area contributed by atoms with Crippen molar-refractivity contribution in [2.75, 3.05) is 26.6 Å². The van der Waals surface area contributed by atoms with Gasteiger partial charge in [0.15, 0.2) is 16.6 Å². The maximum Gasteiger partial charge on any atom is 0.271 e. The second kappa shape index (κ2) is 8.92. The highest BCUT2D eigenvalue weighted by Gasteiger charge is 2.15. The summed E-state index contributed by atoms with van der Waals surface area (Å²) in [5.74, 6) is 1.94. The van der Waals surface area contributed by atoms with Crippen molar-refractivity contribution in [3.8, 4) is 17.2 Å². The number of amides is 1. The lowest BCUT2D eigenvalue weighted by Gasteiger charge is -2.14. The summed E-state index contributed by atoms with van der Waals surface area (Å²) in [6.45, 7) is 0.278. The Morgan fingerprint density at radius 3 is 2.48 bits per heavy atom. The van der Waals surface area contributed by atoms with E-state index >= 15 is 0 Å². The van der Waals surface area contributed by atoms with Crippen molar-refractivity contribution in [3.05, 3.63) is 53.3 Å². The van der Waals surface area contributed by atoms with E-state index < -0.39 is 0 Å². The number of thiazole rings is 1. The van der Waals surface area contributed by atoms with Crippen LogP contribution >= 0.6 is 11.3 Å². The maximum absolute atomic E-state index is 12.5. The molecular weight excluding hydrogens is 418 g/mol. The molecule has 10 heteroatoms. The molecule has 3 N–H and O–H groups in total. The van der Waals surface area contributed by atoms with Crippen molar-refractivity contribution < 1.29 is 19.0 Å². The molecule has 0 saturated heterocycles. The minimum Gasteiger partial charge on any atom is -0.493 e. The van der Waals surface area contributed by atoms with Crippen LogP contribution in [0.25, 0.3) is 11.0 Å². The second-order valence-corrected chi connectivity index (χ2v) is 7.32. The Morgan fingerprint density at radius 2 is 1.81 bits per heavy atom. The summed E-state index contributed by atoms with van der Waals surface area (Å²) in [5.41, 5.74) is 2.80. The van der Waals surface area contributed by atoms with Gasteiger partial charge in [-0.2, -0.15) is 0 Å². The zero-order valence-corrected chi connectivity index (χ0v) is 18.0. The molecule has 0 fully saturated rings. The average Bonchev–Trinajstić information content (AvgIpc) is 3.43. The number of benzene rings is 2. The third kappa shape index (κ3) is 4.38. The molecule has 0 unspecified atom stereocenters. The molecule has 0 bridgehead atoms. The summed E-state index contributed by atoms with van der Waals surface area (Å²) in [7, 11) is 4.65. The van der Waals surface area contributed by atoms with E-state index in [-0.39, 0.29) is 12.5 Å². The molecule has 2 heterocycles. The van der Waals surface area contributed by atoms with Crippen LogP contribution in [0.2, 0.25) is 0 Å². The van der Waals surface area contributed by atoms with Crippen LogP contribution in [0.4, 0.5) is 10.8 Å². The molecule has 0 aliphatic heterocycles. The monoisotopic (exact) mass is 439 g/mol. The van der Waals surface area contributed by atoms with Crippen LogP contribution in [0.3, 0.4) is 0 Å². The van der Waals surface area contributed by atoms with E-state index in [0.717, 1.165) is 11.0 Å². The van der Waals surface area contributed by atoms with E-state index in [4.69, 9.17) is 14.2 Å². The topological polar surface area (TPSA) is 110 Å². The molecule has 2 aromatic heterocycles. The molecular formula is C21H21N5O4S. The number of carbonyl (C=O) groups excluding carboxylic acids is 1. The van der Waals surface area contributed by atoms with Crippen molar-refractivity contribution in [1.82, 2.24) is 20.3 Å². The SMILES string of the molecule is COc1cc(Nc2nc(C(=O)NCc3nc4ccccc4[nH]3)cs2)cc(OC)c1OC. The van der Waals surface area contributed by atoms with Gasteiger partial charge < -0.3 is 29.8 Å². The van der Waals surface area contributed by atoms with Gasteiger partial charge in [-0.25, -0.2) is 9.97 Å². The number of nitrogens with zero attached hydrogens (tertiary/aromatic N) is 2. The molecule has 4 rings (SSSR count). The molecule has 1 amide bonds. The van der Waals surface area contributed by atoms with Crippen LogP contribution in [0.5, 0.6) is 17.2 Å². The number of imidazole rings is 1. The molecule has 31 heavy (non-hydrogen) atoms. The minimum absolute atomic E-state index is 0.278. The fourth-order valence-electron chi connectivity index (χ4n) is 3.06. The number of para-hydroxylation sites is 2. The zero-order valence-electron chi connectivity index (χ0n) is 17.2. The van der Waals surface area contributed by atoms with Crippen molar-refractivity contribution >= 4 is 39.1 Å². The number of ether oxygens (including phenoxy) is 3. The van der Waals surface area contributed by atoms with Crippen LogP contribution in [0.15, 0.2) is 41.8 Å². The van der Waals surface area contributed by atoms with Crippen LogP contribution in [0, 0.1) is 0 Å². The average molecular weight is 439 g/mol. The minimum atomic E-state index is -0.283. The highest BCUT2D eigenvalue weighted by atomic mass is 32.1. The first kappa shape index (κ1) is 20.5. The zero-order chi connectivity index (χ0) is 21.8. The fourth-order valence-corrected chi connectivity index (χ4v) is 3.77. The molecule has 2 aromatic carbocycles. The van der Waals surface area contributed by atoms with Gasteiger partial charge in [-0.05, 0) is 12.1 Å². The summed E-state index contributed by atoms with van der Waals surface area (Å²) in [6, 6.07) is 11.2. The van der Waals surface area contributed by atoms with Crippen molar-refractivity contribution in [2.45, 2.75) is 6.54 Å². The molecule has 0 radical (unpaired) electrons. The number of nitrogens with one attached hydrogen (secondary N) is 3. The standard InChI is InChI=1S/C21H21N5O4S/c1-28-16-8-12(9-17(29-2)19(16)30-3)23-21-26-15(11-31-21)20(27)22-10-18-24-13-6-4-5-7-14(13)25-18/h4-9,11H,10H2,1-3H3,(H,22,27)(H,23,26)(H,24,25). The first-order valence-corrected chi connectivity index (χ1v) is 10.2. The number of H-pyrrole nitrogens is 1. The molecule has 0 spiro atoms. The van der Waals surface area contributed by atoms with Crippen LogP contribution in [-0.4, -0.2) is 42.2 Å². The van der Waals surface area contributed by atoms with Gasteiger partial charge in [-0.3, -0.25) is 4.79 Å². The van der Waals surface area contributed by atoms with Gasteiger partial charge in [-0.1, -0.05) is 12.1 Å². The number of hydrogen-bond donors (Lipinski definition) is 3. The van der Waals surface area contributed by atoms with Gasteiger partial charge >= 0.3 is 0 Å². The summed E-state index contributed by atoms with van der Waals surface area (Å²) in [6.07, 6.45) is 0. The lowest BCUT2D eigenvalue weighted by Crippen LogP contribution is -2.23. The third-order valence-electron chi connectivity index (χ3n) is 4.51. The number of aromatic amines is 1. The van der Waals surface area contributed by atoms with Gasteiger partial charge in [0, 0.05) is 23.2 Å². The number of methoxy groups -OCH3 is 3. The van der Waals surface area contributed by atoms with Crippen LogP contribution in [-0.2, 0) is 6.54 Å². The Kier molecular flexibility index (Phi) is 5.89. The van der Waals surface area contributed by atoms with E-state index in [2.05, 4.69) is 25.6 Å². The number of fused-ring (bicyclic) bond motifs is 1. The van der Waals surface area contributed by atoms with Gasteiger partial charge in [0.1, 0.15) is 11.5 Å². The first-order chi connectivity index (χ1) is 15.1. The molecule has 0 atom stereocenters. The van der Waals surface area contributed by atoms with Gasteiger partial charge in [-0.15, -0.1) is 11.3 Å². The number of rotatable bonds is 8. The Labute approximate surface area is 182 Å². The van der Waals surface area contributed by atoms with E-state index in [1.807, 2.05) is 24.3 Å². The number of hydrogen-bond acceptors (Lipinski definition) is 8. The number of aromatic nitrogens is 3. The fraction of sp³-hybridized carbons (Fsp3) is 0.190. The summed E-state index contributed by atoms with van der Waals surface area (Å²) < 4.78 is 16.1. The van der Waals surface area contributed by atoms with E-state index in [0.29, 0.717) is 39.6 Å². The van der Waals surface area contributed by atoms with Gasteiger partial charge in [0.25, 0.3) is 5.91 Å². The van der Waals surface area contributed by atoms with Gasteiger partial charge in [0.2, 0.25) is 5.75 Å². The summed E-state index contributed by atoms with van der Waals surface area (Å²) >= 11 is 1.32. The highest BCUT2D eigenvalue weighted by Crippen LogP contribution is 2.40. The normalized spacial score (nSPS) is 10.7. The number of anilines is 2. The smallest absolute Gasteiger partial charge is 0.271 e. The van der Waals surface area contributed by atoms with E-state index in [1.54, 1.807) is 38.8 Å². The molecule has 0 aliphatic carbocycles. The van der Waals surface area contributed by atoms with Crippen LogP contribution < -0.4 is 24.8 Å². The highest BCUT2D eigenvalue weighted by molar-refractivity contribution is 7.14.